The summed E-state index contributed by atoms with van der Waals surface area (Å²) in [4.78, 5) is 6.74. The third kappa shape index (κ3) is 9.98. The molecule has 1 heterocycles. The maximum absolute atomic E-state index is 12.5. The van der Waals surface area contributed by atoms with Crippen molar-refractivity contribution in [2.45, 2.75) is 33.8 Å². The molecule has 0 fully saturated rings. The highest BCUT2D eigenvalue weighted by molar-refractivity contribution is 7.99. The maximum Gasteiger partial charge on any atom is 0.471 e. The van der Waals surface area contributed by atoms with Crippen molar-refractivity contribution in [1.29, 1.82) is 0 Å². The minimum absolute atomic E-state index is 0.0137. The van der Waals surface area contributed by atoms with Crippen LogP contribution in [0.4, 0.5) is 18.9 Å². The van der Waals surface area contributed by atoms with Gasteiger partial charge >= 0.3 is 5.51 Å². The summed E-state index contributed by atoms with van der Waals surface area (Å²) < 4.78 is 47.2. The fourth-order valence-electron chi connectivity index (χ4n) is 3.10. The van der Waals surface area contributed by atoms with Crippen molar-refractivity contribution < 1.29 is 27.1 Å². The second-order valence-electron chi connectivity index (χ2n) is 7.24. The first-order valence-corrected chi connectivity index (χ1v) is 13.1. The van der Waals surface area contributed by atoms with E-state index in [0.29, 0.717) is 23.8 Å². The molecule has 34 heavy (non-hydrogen) atoms. The number of halogens is 3. The Balaban J connectivity index is 1.66. The van der Waals surface area contributed by atoms with Crippen molar-refractivity contribution in [2.75, 3.05) is 30.8 Å². The van der Waals surface area contributed by atoms with Gasteiger partial charge in [-0.15, -0.1) is 16.1 Å². The number of anilines is 1. The van der Waals surface area contributed by atoms with E-state index < -0.39 is 17.6 Å². The van der Waals surface area contributed by atoms with Gasteiger partial charge in [0.15, 0.2) is 17.8 Å². The van der Waals surface area contributed by atoms with Gasteiger partial charge in [0.05, 0.1) is 18.9 Å². The Kier molecular flexibility index (Phi) is 11.2. The minimum atomic E-state index is -4.58. The fourth-order valence-corrected chi connectivity index (χ4v) is 4.59. The molecule has 3 rings (SSSR count). The van der Waals surface area contributed by atoms with E-state index in [2.05, 4.69) is 21.0 Å². The van der Waals surface area contributed by atoms with Gasteiger partial charge in [-0.25, -0.2) is 0 Å². The number of ether oxygens (including phenoxy) is 1. The molecule has 0 aliphatic carbocycles. The van der Waals surface area contributed by atoms with Crippen LogP contribution in [0.15, 0.2) is 70.5 Å². The molecule has 2 unspecified atom stereocenters. The van der Waals surface area contributed by atoms with E-state index in [1.165, 1.54) is 6.07 Å². The zero-order valence-corrected chi connectivity index (χ0v) is 20.6. The molecule has 1 aliphatic heterocycles. The number of nitrogens with two attached hydrogens (primary N) is 1. The lowest BCUT2D eigenvalue weighted by atomic mass is 10.2. The molecular formula is C22H26F3N3O3S3. The van der Waals surface area contributed by atoms with Gasteiger partial charge in [-0.2, -0.15) is 13.2 Å². The van der Waals surface area contributed by atoms with Gasteiger partial charge in [0.25, 0.3) is 0 Å². The molecule has 1 aliphatic rings. The third-order valence-electron chi connectivity index (χ3n) is 4.67. The van der Waals surface area contributed by atoms with E-state index in [4.69, 9.17) is 14.8 Å². The summed E-state index contributed by atoms with van der Waals surface area (Å²) in [6, 6.07) is 15.2. The summed E-state index contributed by atoms with van der Waals surface area (Å²) >= 11 is 1.94. The van der Waals surface area contributed by atoms with Gasteiger partial charge in [-0.1, -0.05) is 30.4 Å². The summed E-state index contributed by atoms with van der Waals surface area (Å²) in [6.45, 7) is 1.97. The smallest absolute Gasteiger partial charge is 0.378 e. The van der Waals surface area contributed by atoms with Crippen LogP contribution in [0.25, 0.3) is 0 Å². The fraction of sp³-hybridized carbons (Fsp3) is 0.364. The normalized spacial score (nSPS) is 16.9. The molecule has 2 atom stereocenters. The quantitative estimate of drug-likeness (QED) is 0.0757. The summed E-state index contributed by atoms with van der Waals surface area (Å²) in [6.07, 6.45) is 4.84. The Morgan fingerprint density at radius 3 is 2.68 bits per heavy atom. The van der Waals surface area contributed by atoms with Gasteiger partial charge in [0, 0.05) is 33.7 Å². The van der Waals surface area contributed by atoms with Crippen molar-refractivity contribution in [1.82, 2.24) is 5.32 Å². The zero-order chi connectivity index (χ0) is 24.2. The molecule has 0 amide bonds. The summed E-state index contributed by atoms with van der Waals surface area (Å²) in [7, 11) is 0. The molecular weight excluding hydrogens is 507 g/mol. The largest absolute Gasteiger partial charge is 0.471 e. The van der Waals surface area contributed by atoms with Gasteiger partial charge in [0.1, 0.15) is 0 Å². The van der Waals surface area contributed by atoms with Crippen molar-refractivity contribution in [3.05, 3.63) is 60.7 Å². The van der Waals surface area contributed by atoms with E-state index in [9.17, 15) is 13.2 Å². The predicted octanol–water partition coefficient (Wildman–Crippen LogP) is 5.64. The molecule has 12 heteroatoms. The van der Waals surface area contributed by atoms with Gasteiger partial charge < -0.3 is 20.3 Å². The van der Waals surface area contributed by atoms with Crippen molar-refractivity contribution in [2.24, 2.45) is 5.14 Å². The van der Waals surface area contributed by atoms with Crippen LogP contribution < -0.4 is 20.7 Å². The summed E-state index contributed by atoms with van der Waals surface area (Å²) in [5.74, 6) is 0.853. The molecule has 2 aromatic carbocycles. The van der Waals surface area contributed by atoms with Crippen LogP contribution in [0.3, 0.4) is 0 Å². The van der Waals surface area contributed by atoms with Crippen LogP contribution in [0, 0.1) is 0 Å². The SMILES string of the molecule is NSc1ccc(NC(CCNC2C=CCOC2)CSc2ccccc2)c(OOSC(F)(F)F)c1. The number of benzene rings is 2. The third-order valence-corrected chi connectivity index (χ3v) is 6.70. The molecule has 186 valence electrons. The predicted molar refractivity (Wildman–Crippen MR) is 133 cm³/mol. The number of rotatable bonds is 13. The molecule has 0 radical (unpaired) electrons. The van der Waals surface area contributed by atoms with Crippen LogP contribution in [0.2, 0.25) is 0 Å². The Bertz CT molecular complexity index is 907. The Hall–Kier alpha value is -1.54. The zero-order valence-electron chi connectivity index (χ0n) is 18.1. The number of alkyl halides is 3. The number of hydrogen-bond acceptors (Lipinski definition) is 9. The number of thioether (sulfide) groups is 1. The first-order valence-electron chi connectivity index (χ1n) is 10.4. The van der Waals surface area contributed by atoms with Crippen molar-refractivity contribution in [3.8, 4) is 5.75 Å². The van der Waals surface area contributed by atoms with Crippen molar-refractivity contribution >= 4 is 41.4 Å². The molecule has 0 bridgehead atoms. The average Bonchev–Trinajstić information content (AvgIpc) is 2.84. The van der Waals surface area contributed by atoms with E-state index in [-0.39, 0.29) is 17.8 Å². The summed E-state index contributed by atoms with van der Waals surface area (Å²) in [5.41, 5.74) is -4.06. The highest BCUT2D eigenvalue weighted by Gasteiger charge is 2.31. The Morgan fingerprint density at radius 2 is 1.97 bits per heavy atom. The molecule has 4 N–H and O–H groups in total. The second kappa shape index (κ2) is 14.1. The van der Waals surface area contributed by atoms with Gasteiger partial charge in [-0.3, -0.25) is 5.14 Å². The first-order chi connectivity index (χ1) is 16.4. The lowest BCUT2D eigenvalue weighted by Crippen LogP contribution is -2.37. The maximum atomic E-state index is 12.5. The molecule has 2 aromatic rings. The van der Waals surface area contributed by atoms with Crippen LogP contribution >= 0.6 is 35.8 Å². The molecule has 0 saturated carbocycles. The van der Waals surface area contributed by atoms with Gasteiger partial charge in [-0.05, 0) is 49.2 Å². The second-order valence-corrected chi connectivity index (χ2v) is 9.80. The minimum Gasteiger partial charge on any atom is -0.378 e. The van der Waals surface area contributed by atoms with Crippen LogP contribution in [0.1, 0.15) is 6.42 Å². The molecule has 0 aromatic heterocycles. The Labute approximate surface area is 209 Å². The highest BCUT2D eigenvalue weighted by Crippen LogP contribution is 2.35. The van der Waals surface area contributed by atoms with E-state index in [1.54, 1.807) is 23.9 Å². The topological polar surface area (TPSA) is 77.8 Å². The standard InChI is InChI=1S/C22H26F3N3O3S3/c23-22(24,25)34-31-30-21-13-19(33-26)8-9-20(21)28-17(15-32-18-6-2-1-3-7-18)10-11-27-16-5-4-12-29-14-16/h1-9,13,16-17,27-28H,10-12,14-15,26H2. The monoisotopic (exact) mass is 533 g/mol. The highest BCUT2D eigenvalue weighted by atomic mass is 32.2. The lowest BCUT2D eigenvalue weighted by Gasteiger charge is -2.23. The van der Waals surface area contributed by atoms with Crippen molar-refractivity contribution in [3.63, 3.8) is 0 Å². The van der Waals surface area contributed by atoms with E-state index >= 15 is 0 Å². The number of hydrogen-bond donors (Lipinski definition) is 3. The average molecular weight is 534 g/mol. The molecule has 0 spiro atoms. The first kappa shape index (κ1) is 27.1. The van der Waals surface area contributed by atoms with Crippen LogP contribution in [0.5, 0.6) is 5.75 Å². The number of nitrogens with one attached hydrogen (secondary N) is 2. The Morgan fingerprint density at radius 1 is 1.15 bits per heavy atom. The van der Waals surface area contributed by atoms with E-state index in [0.717, 1.165) is 35.6 Å². The molecule has 0 saturated heterocycles. The van der Waals surface area contributed by atoms with Crippen LogP contribution in [-0.2, 0) is 9.07 Å². The summed E-state index contributed by atoms with van der Waals surface area (Å²) in [5, 5.41) is 12.5. The van der Waals surface area contributed by atoms with E-state index in [1.807, 2.05) is 36.4 Å². The molecule has 6 nitrogen and oxygen atoms in total. The van der Waals surface area contributed by atoms with Gasteiger partial charge in [0.2, 0.25) is 0 Å². The lowest BCUT2D eigenvalue weighted by molar-refractivity contribution is -0.106. The van der Waals surface area contributed by atoms with Crippen LogP contribution in [-0.4, -0.2) is 43.1 Å².